The lowest BCUT2D eigenvalue weighted by molar-refractivity contribution is -0.131. The summed E-state index contributed by atoms with van der Waals surface area (Å²) in [4.78, 5) is 11.1. The summed E-state index contributed by atoms with van der Waals surface area (Å²) in [5, 5.41) is 10.2. The monoisotopic (exact) mass is 333 g/mol. The maximum absolute atomic E-state index is 11.1. The Kier molecular flexibility index (Phi) is 4.02. The van der Waals surface area contributed by atoms with E-state index < -0.39 is 5.97 Å². The van der Waals surface area contributed by atoms with Crippen LogP contribution in [0.3, 0.4) is 0 Å². The van der Waals surface area contributed by atoms with Crippen LogP contribution in [0.4, 0.5) is 0 Å². The van der Waals surface area contributed by atoms with Crippen molar-refractivity contribution in [2.24, 2.45) is 0 Å². The third-order valence-corrected chi connectivity index (χ3v) is 4.58. The molecule has 0 aliphatic carbocycles. The van der Waals surface area contributed by atoms with Gasteiger partial charge in [0.25, 0.3) is 0 Å². The van der Waals surface area contributed by atoms with Crippen molar-refractivity contribution in [2.75, 3.05) is 0 Å². The van der Waals surface area contributed by atoms with Crippen molar-refractivity contribution in [3.05, 3.63) is 71.9 Å². The number of aryl methyl sites for hydroxylation is 1. The second-order valence-corrected chi connectivity index (χ2v) is 6.29. The molecule has 2 heterocycles. The van der Waals surface area contributed by atoms with Gasteiger partial charge in [-0.1, -0.05) is 30.3 Å². The zero-order valence-corrected chi connectivity index (χ0v) is 13.8. The predicted molar refractivity (Wildman–Crippen MR) is 97.6 cm³/mol. The molecule has 0 saturated heterocycles. The molecule has 0 spiro atoms. The lowest BCUT2D eigenvalue weighted by Crippen LogP contribution is -2.09. The number of nitrogens with zero attached hydrogens (tertiary/aromatic N) is 1. The van der Waals surface area contributed by atoms with E-state index in [-0.39, 0.29) is 0 Å². The van der Waals surface area contributed by atoms with Gasteiger partial charge in [-0.15, -0.1) is 0 Å². The van der Waals surface area contributed by atoms with E-state index >= 15 is 0 Å². The van der Waals surface area contributed by atoms with Gasteiger partial charge < -0.3 is 14.4 Å². The van der Waals surface area contributed by atoms with Gasteiger partial charge in [0.15, 0.2) is 0 Å². The average Bonchev–Trinajstić information content (AvgIpc) is 2.99. The van der Waals surface area contributed by atoms with Crippen LogP contribution in [0.25, 0.3) is 16.5 Å². The molecule has 0 unspecified atom stereocenters. The molecule has 3 aromatic rings. The molecule has 0 radical (unpaired) electrons. The second kappa shape index (κ2) is 6.48. The fraction of sp³-hybridized carbons (Fsp3) is 0.190. The van der Waals surface area contributed by atoms with E-state index in [0.717, 1.165) is 52.9 Å². The van der Waals surface area contributed by atoms with E-state index in [1.165, 1.54) is 6.08 Å². The van der Waals surface area contributed by atoms with Crippen LogP contribution < -0.4 is 4.74 Å². The highest BCUT2D eigenvalue weighted by Gasteiger charge is 2.18. The highest BCUT2D eigenvalue weighted by Crippen LogP contribution is 2.34. The van der Waals surface area contributed by atoms with Crippen LogP contribution in [-0.4, -0.2) is 15.6 Å². The second-order valence-electron chi connectivity index (χ2n) is 6.29. The number of carboxylic acid groups (broad SMARTS) is 1. The Morgan fingerprint density at radius 2 is 2.00 bits per heavy atom. The summed E-state index contributed by atoms with van der Waals surface area (Å²) in [7, 11) is 0. The summed E-state index contributed by atoms with van der Waals surface area (Å²) >= 11 is 0. The van der Waals surface area contributed by atoms with Gasteiger partial charge in [-0.2, -0.15) is 0 Å². The molecule has 0 fully saturated rings. The van der Waals surface area contributed by atoms with Gasteiger partial charge in [-0.25, -0.2) is 4.79 Å². The van der Waals surface area contributed by atoms with Crippen molar-refractivity contribution >= 4 is 22.4 Å². The molecular formula is C21H19NO3. The molecule has 0 bridgehead atoms. The largest absolute Gasteiger partial charge is 0.489 e. The summed E-state index contributed by atoms with van der Waals surface area (Å²) in [5.41, 5.74) is 4.15. The summed E-state index contributed by atoms with van der Waals surface area (Å²) in [6.07, 6.45) is 3.10. The summed E-state index contributed by atoms with van der Waals surface area (Å²) in [5.74, 6) is -0.0661. The topological polar surface area (TPSA) is 51.5 Å². The Balaban J connectivity index is 1.64. The highest BCUT2D eigenvalue weighted by atomic mass is 16.5. The minimum atomic E-state index is -0.888. The molecule has 126 valence electrons. The Hall–Kier alpha value is -3.01. The van der Waals surface area contributed by atoms with Crippen LogP contribution in [0.1, 0.15) is 24.1 Å². The maximum Gasteiger partial charge on any atom is 0.328 e. The first-order valence-electron chi connectivity index (χ1n) is 8.44. The zero-order valence-electron chi connectivity index (χ0n) is 13.8. The van der Waals surface area contributed by atoms with Gasteiger partial charge >= 0.3 is 5.97 Å². The number of rotatable bonds is 4. The van der Waals surface area contributed by atoms with Crippen LogP contribution in [0, 0.1) is 0 Å². The molecule has 2 aromatic carbocycles. The smallest absolute Gasteiger partial charge is 0.328 e. The van der Waals surface area contributed by atoms with Crippen molar-refractivity contribution in [1.82, 2.24) is 4.57 Å². The van der Waals surface area contributed by atoms with Gasteiger partial charge in [0, 0.05) is 29.2 Å². The van der Waals surface area contributed by atoms with Gasteiger partial charge in [0.05, 0.1) is 0 Å². The highest BCUT2D eigenvalue weighted by molar-refractivity contribution is 5.93. The van der Waals surface area contributed by atoms with Gasteiger partial charge in [0.1, 0.15) is 12.4 Å². The summed E-state index contributed by atoms with van der Waals surface area (Å²) in [6.45, 7) is 1.45. The first-order chi connectivity index (χ1) is 12.2. The Bertz CT molecular complexity index is 954. The Morgan fingerprint density at radius 3 is 2.80 bits per heavy atom. The molecule has 0 amide bonds. The summed E-state index contributed by atoms with van der Waals surface area (Å²) in [6, 6.07) is 18.2. The normalized spacial score (nSPS) is 15.3. The molecule has 4 rings (SSSR count). The Morgan fingerprint density at radius 1 is 1.16 bits per heavy atom. The number of aliphatic carboxylic acids is 1. The molecule has 4 nitrogen and oxygen atoms in total. The van der Waals surface area contributed by atoms with E-state index in [1.807, 2.05) is 42.5 Å². The van der Waals surface area contributed by atoms with E-state index in [0.29, 0.717) is 6.61 Å². The van der Waals surface area contributed by atoms with Crippen LogP contribution in [0.2, 0.25) is 0 Å². The minimum Gasteiger partial charge on any atom is -0.489 e. The maximum atomic E-state index is 11.1. The number of carboxylic acids is 1. The number of ether oxygens (including phenoxy) is 1. The van der Waals surface area contributed by atoms with Crippen molar-refractivity contribution in [3.63, 3.8) is 0 Å². The molecule has 25 heavy (non-hydrogen) atoms. The van der Waals surface area contributed by atoms with Crippen LogP contribution in [0.5, 0.6) is 5.75 Å². The van der Waals surface area contributed by atoms with Crippen LogP contribution >= 0.6 is 0 Å². The van der Waals surface area contributed by atoms with Crippen LogP contribution in [-0.2, 0) is 17.9 Å². The van der Waals surface area contributed by atoms with Crippen molar-refractivity contribution < 1.29 is 14.6 Å². The molecule has 1 aliphatic rings. The first kappa shape index (κ1) is 15.5. The van der Waals surface area contributed by atoms with Crippen molar-refractivity contribution in [2.45, 2.75) is 26.0 Å². The van der Waals surface area contributed by atoms with E-state index in [1.54, 1.807) is 0 Å². The minimum absolute atomic E-state index is 0.532. The number of benzene rings is 2. The number of carbonyl (C=O) groups is 1. The van der Waals surface area contributed by atoms with Crippen molar-refractivity contribution in [1.29, 1.82) is 0 Å². The SMILES string of the molecule is O=C(O)C=C1CCCn2c1cc1cc(OCc3ccccc3)ccc12. The standard InChI is InChI=1S/C21H19NO3/c23-21(24)13-16-7-4-10-22-19-9-8-18(11-17(19)12-20(16)22)25-14-15-5-2-1-3-6-15/h1-3,5-6,8-9,11-13H,4,7,10,14H2,(H,23,24). The van der Waals surface area contributed by atoms with E-state index in [9.17, 15) is 4.79 Å². The lowest BCUT2D eigenvalue weighted by Gasteiger charge is -2.18. The van der Waals surface area contributed by atoms with Gasteiger partial charge in [-0.05, 0) is 48.2 Å². The molecule has 0 saturated carbocycles. The molecular weight excluding hydrogens is 314 g/mol. The fourth-order valence-electron chi connectivity index (χ4n) is 3.44. The first-order valence-corrected chi connectivity index (χ1v) is 8.44. The quantitative estimate of drug-likeness (QED) is 0.716. The molecule has 4 heteroatoms. The predicted octanol–water partition coefficient (Wildman–Crippen LogP) is 4.48. The number of aromatic nitrogens is 1. The van der Waals surface area contributed by atoms with Crippen molar-refractivity contribution in [3.8, 4) is 5.75 Å². The van der Waals surface area contributed by atoms with Crippen LogP contribution in [0.15, 0.2) is 60.7 Å². The molecule has 1 aliphatic heterocycles. The number of allylic oxidation sites excluding steroid dienone is 1. The number of fused-ring (bicyclic) bond motifs is 3. The average molecular weight is 333 g/mol. The lowest BCUT2D eigenvalue weighted by atomic mass is 10.0. The van der Waals surface area contributed by atoms with E-state index in [4.69, 9.17) is 9.84 Å². The van der Waals surface area contributed by atoms with E-state index in [2.05, 4.69) is 16.7 Å². The third kappa shape index (κ3) is 3.15. The summed E-state index contributed by atoms with van der Waals surface area (Å²) < 4.78 is 8.11. The Labute approximate surface area is 146 Å². The fourth-order valence-corrected chi connectivity index (χ4v) is 3.44. The molecule has 0 atom stereocenters. The van der Waals surface area contributed by atoms with Gasteiger partial charge in [0.2, 0.25) is 0 Å². The van der Waals surface area contributed by atoms with Gasteiger partial charge in [-0.3, -0.25) is 0 Å². The molecule has 1 N–H and O–H groups in total. The number of hydrogen-bond donors (Lipinski definition) is 1. The number of hydrogen-bond acceptors (Lipinski definition) is 2. The third-order valence-electron chi connectivity index (χ3n) is 4.58. The molecule has 1 aromatic heterocycles. The zero-order chi connectivity index (χ0) is 17.2.